The summed E-state index contributed by atoms with van der Waals surface area (Å²) in [5.41, 5.74) is 0.780. The lowest BCUT2D eigenvalue weighted by Gasteiger charge is -2.17. The molecule has 3 aromatic rings. The van der Waals surface area contributed by atoms with Gasteiger partial charge in [0.1, 0.15) is 27.4 Å². The maximum atomic E-state index is 12.5. The van der Waals surface area contributed by atoms with Crippen LogP contribution in [-0.4, -0.2) is 41.0 Å². The normalized spacial score (nSPS) is 16.4. The maximum absolute atomic E-state index is 12.5. The Morgan fingerprint density at radius 2 is 2.09 bits per heavy atom. The van der Waals surface area contributed by atoms with Gasteiger partial charge in [-0.25, -0.2) is 14.8 Å². The molecule has 2 N–H and O–H groups in total. The number of thioether (sulfide) groups is 1. The van der Waals surface area contributed by atoms with E-state index in [1.165, 1.54) is 11.3 Å². The molecular weight excluding hydrogens is 444 g/mol. The van der Waals surface area contributed by atoms with Crippen LogP contribution in [0.15, 0.2) is 35.2 Å². The number of hydrogen-bond donors (Lipinski definition) is 2. The number of thiophene rings is 1. The minimum Gasteiger partial charge on any atom is -0.462 e. The van der Waals surface area contributed by atoms with E-state index in [9.17, 15) is 9.59 Å². The number of benzene rings is 1. The molecule has 0 saturated carbocycles. The van der Waals surface area contributed by atoms with Gasteiger partial charge in [0.2, 0.25) is 5.91 Å². The number of anilines is 1. The van der Waals surface area contributed by atoms with Gasteiger partial charge in [0.05, 0.1) is 17.7 Å². The van der Waals surface area contributed by atoms with Crippen molar-refractivity contribution in [3.8, 4) is 0 Å². The monoisotopic (exact) mass is 470 g/mol. The molecule has 3 heterocycles. The van der Waals surface area contributed by atoms with Gasteiger partial charge in [0.15, 0.2) is 0 Å². The Labute approximate surface area is 195 Å². The second-order valence-electron chi connectivity index (χ2n) is 7.53. The first-order valence-electron chi connectivity index (χ1n) is 10.8. The summed E-state index contributed by atoms with van der Waals surface area (Å²) >= 11 is 2.96. The van der Waals surface area contributed by atoms with Crippen LogP contribution in [0.4, 0.5) is 5.82 Å². The standard InChI is InChI=1S/C23H26N4O3S2/c1-3-30-23(29)19-14(2)18-20(25-16-11-7-8-12-24-21(16)28)26-17(27-22(18)32-19)13-31-15-9-5-4-6-10-15/h4-6,9-10,16H,3,7-8,11-13H2,1-2H3,(H,24,28)(H,25,26,27)/t16-/m1/s1. The zero-order valence-corrected chi connectivity index (χ0v) is 19.8. The van der Waals surface area contributed by atoms with Crippen molar-refractivity contribution < 1.29 is 14.3 Å². The molecule has 7 nitrogen and oxygen atoms in total. The van der Waals surface area contributed by atoms with Crippen molar-refractivity contribution in [1.29, 1.82) is 0 Å². The van der Waals surface area contributed by atoms with E-state index in [1.807, 2.05) is 37.3 Å². The van der Waals surface area contributed by atoms with E-state index in [2.05, 4.69) is 10.6 Å². The van der Waals surface area contributed by atoms with Crippen molar-refractivity contribution >= 4 is 51.0 Å². The molecule has 0 unspecified atom stereocenters. The van der Waals surface area contributed by atoms with E-state index in [1.54, 1.807) is 18.7 Å². The highest BCUT2D eigenvalue weighted by Crippen LogP contribution is 2.36. The van der Waals surface area contributed by atoms with Gasteiger partial charge >= 0.3 is 5.97 Å². The third-order valence-electron chi connectivity index (χ3n) is 5.25. The van der Waals surface area contributed by atoms with Gasteiger partial charge in [-0.2, -0.15) is 0 Å². The molecule has 1 aliphatic heterocycles. The lowest BCUT2D eigenvalue weighted by molar-refractivity contribution is -0.121. The second-order valence-corrected chi connectivity index (χ2v) is 9.58. The van der Waals surface area contributed by atoms with Crippen molar-refractivity contribution in [2.24, 2.45) is 0 Å². The Bertz CT molecular complexity index is 1120. The molecule has 1 amide bonds. The third kappa shape index (κ3) is 5.05. The van der Waals surface area contributed by atoms with Crippen LogP contribution in [0, 0.1) is 6.92 Å². The quantitative estimate of drug-likeness (QED) is 0.386. The van der Waals surface area contributed by atoms with E-state index in [-0.39, 0.29) is 17.9 Å². The minimum absolute atomic E-state index is 0.0204. The molecule has 0 aliphatic carbocycles. The maximum Gasteiger partial charge on any atom is 0.348 e. The number of aromatic nitrogens is 2. The number of amides is 1. The van der Waals surface area contributed by atoms with Crippen molar-refractivity contribution in [2.75, 3.05) is 18.5 Å². The number of rotatable bonds is 7. The summed E-state index contributed by atoms with van der Waals surface area (Å²) in [4.78, 5) is 36.9. The molecular formula is C23H26N4O3S2. The minimum atomic E-state index is -0.365. The first-order valence-corrected chi connectivity index (χ1v) is 12.6. The summed E-state index contributed by atoms with van der Waals surface area (Å²) in [5.74, 6) is 1.46. The van der Waals surface area contributed by atoms with Gasteiger partial charge in [-0.05, 0) is 50.8 Å². The summed E-state index contributed by atoms with van der Waals surface area (Å²) < 4.78 is 5.23. The van der Waals surface area contributed by atoms with Crippen LogP contribution in [0.1, 0.15) is 47.2 Å². The number of aryl methyl sites for hydroxylation is 1. The Hall–Kier alpha value is -2.65. The molecule has 1 aliphatic rings. The van der Waals surface area contributed by atoms with E-state index in [0.717, 1.165) is 39.9 Å². The van der Waals surface area contributed by atoms with Crippen molar-refractivity contribution in [1.82, 2.24) is 15.3 Å². The number of esters is 1. The number of nitrogens with zero attached hydrogens (tertiary/aromatic N) is 2. The van der Waals surface area contributed by atoms with E-state index < -0.39 is 0 Å². The van der Waals surface area contributed by atoms with Crippen LogP contribution in [0.25, 0.3) is 10.2 Å². The topological polar surface area (TPSA) is 93.2 Å². The van der Waals surface area contributed by atoms with Gasteiger partial charge < -0.3 is 15.4 Å². The van der Waals surface area contributed by atoms with Crippen LogP contribution < -0.4 is 10.6 Å². The van der Waals surface area contributed by atoms with Gasteiger partial charge in [0.25, 0.3) is 0 Å². The number of ether oxygens (including phenoxy) is 1. The van der Waals surface area contributed by atoms with Crippen LogP contribution in [0.5, 0.6) is 0 Å². The molecule has 32 heavy (non-hydrogen) atoms. The summed E-state index contributed by atoms with van der Waals surface area (Å²) in [6.07, 6.45) is 2.66. The molecule has 2 aromatic heterocycles. The van der Waals surface area contributed by atoms with Gasteiger partial charge in [-0.1, -0.05) is 18.2 Å². The fourth-order valence-electron chi connectivity index (χ4n) is 3.65. The molecule has 4 rings (SSSR count). The molecule has 1 aromatic carbocycles. The number of carbonyl (C=O) groups excluding carboxylic acids is 2. The Kier molecular flexibility index (Phi) is 7.26. The average Bonchev–Trinajstić information content (AvgIpc) is 3.00. The first kappa shape index (κ1) is 22.5. The zero-order valence-electron chi connectivity index (χ0n) is 18.1. The van der Waals surface area contributed by atoms with Gasteiger partial charge in [0, 0.05) is 11.4 Å². The Morgan fingerprint density at radius 3 is 2.88 bits per heavy atom. The zero-order chi connectivity index (χ0) is 22.5. The van der Waals surface area contributed by atoms with Crippen LogP contribution in [0.2, 0.25) is 0 Å². The highest BCUT2D eigenvalue weighted by Gasteiger charge is 2.25. The predicted molar refractivity (Wildman–Crippen MR) is 128 cm³/mol. The predicted octanol–water partition coefficient (Wildman–Crippen LogP) is 4.55. The number of hydrogen-bond acceptors (Lipinski definition) is 8. The molecule has 0 radical (unpaired) electrons. The summed E-state index contributed by atoms with van der Waals surface area (Å²) in [6, 6.07) is 9.71. The Balaban J connectivity index is 1.71. The van der Waals surface area contributed by atoms with E-state index in [0.29, 0.717) is 35.4 Å². The van der Waals surface area contributed by atoms with Gasteiger partial charge in [-0.3, -0.25) is 4.79 Å². The van der Waals surface area contributed by atoms with Gasteiger partial charge in [-0.15, -0.1) is 23.1 Å². The second kappa shape index (κ2) is 10.3. The number of carbonyl (C=O) groups is 2. The molecule has 1 fully saturated rings. The SMILES string of the molecule is CCOC(=O)c1sc2nc(CSc3ccccc3)nc(N[C@@H]3CCCCNC3=O)c2c1C. The largest absolute Gasteiger partial charge is 0.462 e. The highest BCUT2D eigenvalue weighted by molar-refractivity contribution is 7.98. The van der Waals surface area contributed by atoms with Crippen molar-refractivity contribution in [2.45, 2.75) is 49.8 Å². The van der Waals surface area contributed by atoms with Crippen LogP contribution in [-0.2, 0) is 15.3 Å². The lowest BCUT2D eigenvalue weighted by Crippen LogP contribution is -2.38. The molecule has 168 valence electrons. The molecule has 0 bridgehead atoms. The lowest BCUT2D eigenvalue weighted by atomic mass is 10.1. The summed E-state index contributed by atoms with van der Waals surface area (Å²) in [6.45, 7) is 4.67. The van der Waals surface area contributed by atoms with Crippen LogP contribution in [0.3, 0.4) is 0 Å². The smallest absolute Gasteiger partial charge is 0.348 e. The third-order valence-corrected chi connectivity index (χ3v) is 7.43. The fourth-order valence-corrected chi connectivity index (χ4v) is 5.52. The van der Waals surface area contributed by atoms with Crippen LogP contribution >= 0.6 is 23.1 Å². The molecule has 1 atom stereocenters. The molecule has 1 saturated heterocycles. The highest BCUT2D eigenvalue weighted by atomic mass is 32.2. The van der Waals surface area contributed by atoms with E-state index >= 15 is 0 Å². The Morgan fingerprint density at radius 1 is 1.28 bits per heavy atom. The van der Waals surface area contributed by atoms with E-state index in [4.69, 9.17) is 14.7 Å². The van der Waals surface area contributed by atoms with Crippen molar-refractivity contribution in [3.63, 3.8) is 0 Å². The summed E-state index contributed by atoms with van der Waals surface area (Å²) in [7, 11) is 0. The fraction of sp³-hybridized carbons (Fsp3) is 0.391. The number of nitrogens with one attached hydrogen (secondary N) is 2. The molecule has 0 spiro atoms. The number of fused-ring (bicyclic) bond motifs is 1. The first-order chi connectivity index (χ1) is 15.6. The summed E-state index contributed by atoms with van der Waals surface area (Å²) in [5, 5.41) is 7.10. The molecule has 9 heteroatoms. The average molecular weight is 471 g/mol. The van der Waals surface area contributed by atoms with Crippen molar-refractivity contribution in [3.05, 3.63) is 46.6 Å².